The van der Waals surface area contributed by atoms with E-state index in [4.69, 9.17) is 17.3 Å². The minimum Gasteiger partial charge on any atom is -0.398 e. The van der Waals surface area contributed by atoms with Gasteiger partial charge in [0.25, 0.3) is 0 Å². The van der Waals surface area contributed by atoms with Crippen LogP contribution in [0.15, 0.2) is 18.2 Å². The average Bonchev–Trinajstić information content (AvgIpc) is 2.30. The van der Waals surface area contributed by atoms with Crippen molar-refractivity contribution in [1.82, 2.24) is 4.98 Å². The van der Waals surface area contributed by atoms with E-state index in [-0.39, 0.29) is 0 Å². The number of aliphatic hydroxyl groups excluding tert-OH is 1. The maximum atomic E-state index is 10.00. The highest BCUT2D eigenvalue weighted by Crippen LogP contribution is 2.38. The van der Waals surface area contributed by atoms with Gasteiger partial charge in [-0.2, -0.15) is 11.8 Å². The Morgan fingerprint density at radius 3 is 3.12 bits per heavy atom. The van der Waals surface area contributed by atoms with Crippen LogP contribution in [-0.4, -0.2) is 15.8 Å². The van der Waals surface area contributed by atoms with Crippen LogP contribution in [0.25, 0.3) is 10.9 Å². The molecule has 1 aromatic carbocycles. The van der Waals surface area contributed by atoms with E-state index in [1.54, 1.807) is 23.9 Å². The minimum absolute atomic E-state index is 0.528. The van der Waals surface area contributed by atoms with Crippen LogP contribution in [0.1, 0.15) is 17.4 Å². The summed E-state index contributed by atoms with van der Waals surface area (Å²) >= 11 is 7.63. The molecular weight excluding hydrogens is 256 g/mol. The molecule has 0 aliphatic carbocycles. The summed E-state index contributed by atoms with van der Waals surface area (Å²) in [7, 11) is 0. The summed E-state index contributed by atoms with van der Waals surface area (Å²) in [4.78, 5) is 4.55. The van der Waals surface area contributed by atoms with E-state index in [1.807, 2.05) is 6.07 Å². The van der Waals surface area contributed by atoms with Crippen molar-refractivity contribution in [3.05, 3.63) is 34.5 Å². The van der Waals surface area contributed by atoms with Crippen LogP contribution in [-0.2, 0) is 5.75 Å². The number of rotatable bonds is 0. The zero-order chi connectivity index (χ0) is 12.0. The summed E-state index contributed by atoms with van der Waals surface area (Å²) in [6, 6.07) is 5.46. The lowest BCUT2D eigenvalue weighted by Gasteiger charge is -2.23. The molecule has 0 radical (unpaired) electrons. The number of aliphatic hydroxyl groups is 1. The normalized spacial score (nSPS) is 19.3. The summed E-state index contributed by atoms with van der Waals surface area (Å²) in [5.74, 6) is 1.47. The van der Waals surface area contributed by atoms with Gasteiger partial charge in [0.05, 0.1) is 17.3 Å². The maximum Gasteiger partial charge on any atom is 0.0918 e. The Kier molecular flexibility index (Phi) is 2.65. The molecule has 5 heteroatoms. The van der Waals surface area contributed by atoms with Crippen LogP contribution in [0.5, 0.6) is 0 Å². The molecule has 1 unspecified atom stereocenters. The van der Waals surface area contributed by atoms with Crippen LogP contribution in [0, 0.1) is 0 Å². The SMILES string of the molecule is Nc1c2c(nc3ccc(Cl)cc13)CSCC2O. The van der Waals surface area contributed by atoms with Gasteiger partial charge in [-0.25, -0.2) is 0 Å². The zero-order valence-corrected chi connectivity index (χ0v) is 10.6. The number of aromatic nitrogens is 1. The van der Waals surface area contributed by atoms with Crippen LogP contribution < -0.4 is 5.73 Å². The van der Waals surface area contributed by atoms with Gasteiger partial charge in [-0.05, 0) is 18.2 Å². The number of nitrogen functional groups attached to an aromatic ring is 1. The minimum atomic E-state index is -0.528. The Hall–Kier alpha value is -0.970. The Balaban J connectivity index is 2.36. The first-order valence-electron chi connectivity index (χ1n) is 5.30. The van der Waals surface area contributed by atoms with Gasteiger partial charge in [0, 0.05) is 33.2 Å². The molecule has 2 aromatic rings. The van der Waals surface area contributed by atoms with Gasteiger partial charge in [-0.3, -0.25) is 4.98 Å². The highest BCUT2D eigenvalue weighted by molar-refractivity contribution is 7.98. The third-order valence-electron chi connectivity index (χ3n) is 2.95. The van der Waals surface area contributed by atoms with Gasteiger partial charge in [0.15, 0.2) is 0 Å². The van der Waals surface area contributed by atoms with Gasteiger partial charge in [-0.1, -0.05) is 11.6 Å². The average molecular weight is 267 g/mol. The molecule has 3 N–H and O–H groups in total. The number of benzene rings is 1. The topological polar surface area (TPSA) is 59.1 Å². The first-order chi connectivity index (χ1) is 8.16. The zero-order valence-electron chi connectivity index (χ0n) is 8.98. The molecule has 0 saturated heterocycles. The van der Waals surface area contributed by atoms with E-state index < -0.39 is 6.10 Å². The fraction of sp³-hybridized carbons (Fsp3) is 0.250. The van der Waals surface area contributed by atoms with Crippen molar-refractivity contribution in [2.24, 2.45) is 0 Å². The van der Waals surface area contributed by atoms with Gasteiger partial charge >= 0.3 is 0 Å². The molecule has 3 rings (SSSR count). The molecule has 1 atom stereocenters. The number of hydrogen-bond acceptors (Lipinski definition) is 4. The van der Waals surface area contributed by atoms with Gasteiger partial charge < -0.3 is 10.8 Å². The van der Waals surface area contributed by atoms with Crippen molar-refractivity contribution in [1.29, 1.82) is 0 Å². The molecule has 1 aromatic heterocycles. The summed E-state index contributed by atoms with van der Waals surface area (Å²) in [6.07, 6.45) is -0.528. The summed E-state index contributed by atoms with van der Waals surface area (Å²) in [5.41, 5.74) is 9.24. The van der Waals surface area contributed by atoms with Gasteiger partial charge in [0.1, 0.15) is 0 Å². The molecule has 0 saturated carbocycles. The van der Waals surface area contributed by atoms with Crippen LogP contribution in [0.3, 0.4) is 0 Å². The Labute approximate surface area is 108 Å². The van der Waals surface area contributed by atoms with Crippen molar-refractivity contribution in [2.75, 3.05) is 11.5 Å². The predicted molar refractivity (Wildman–Crippen MR) is 72.3 cm³/mol. The largest absolute Gasteiger partial charge is 0.398 e. The highest BCUT2D eigenvalue weighted by atomic mass is 35.5. The number of thioether (sulfide) groups is 1. The molecule has 1 aliphatic rings. The van der Waals surface area contributed by atoms with Crippen LogP contribution in [0.2, 0.25) is 5.02 Å². The lowest BCUT2D eigenvalue weighted by Crippen LogP contribution is -2.14. The Morgan fingerprint density at radius 2 is 2.29 bits per heavy atom. The number of pyridine rings is 1. The lowest BCUT2D eigenvalue weighted by molar-refractivity contribution is 0.202. The van der Waals surface area contributed by atoms with E-state index in [0.29, 0.717) is 16.5 Å². The first kappa shape index (κ1) is 11.1. The van der Waals surface area contributed by atoms with Crippen molar-refractivity contribution < 1.29 is 5.11 Å². The number of hydrogen-bond donors (Lipinski definition) is 2. The Morgan fingerprint density at radius 1 is 1.47 bits per heavy atom. The molecule has 1 aliphatic heterocycles. The summed E-state index contributed by atoms with van der Waals surface area (Å²) in [5, 5.41) is 11.4. The van der Waals surface area contributed by atoms with Crippen LogP contribution >= 0.6 is 23.4 Å². The van der Waals surface area contributed by atoms with E-state index in [2.05, 4.69) is 4.98 Å². The second-order valence-electron chi connectivity index (χ2n) is 4.08. The molecule has 17 heavy (non-hydrogen) atoms. The third-order valence-corrected chi connectivity index (χ3v) is 4.22. The van der Waals surface area contributed by atoms with Crippen molar-refractivity contribution in [3.8, 4) is 0 Å². The lowest BCUT2D eigenvalue weighted by atomic mass is 10.0. The number of nitrogens with zero attached hydrogens (tertiary/aromatic N) is 1. The number of halogens is 1. The molecular formula is C12H11ClN2OS. The Bertz CT molecular complexity index is 603. The van der Waals surface area contributed by atoms with Crippen LogP contribution in [0.4, 0.5) is 5.69 Å². The smallest absolute Gasteiger partial charge is 0.0918 e. The summed E-state index contributed by atoms with van der Waals surface area (Å²) < 4.78 is 0. The number of nitrogens with two attached hydrogens (primary N) is 1. The van der Waals surface area contributed by atoms with Gasteiger partial charge in [0.2, 0.25) is 0 Å². The number of anilines is 1. The van der Waals surface area contributed by atoms with Gasteiger partial charge in [-0.15, -0.1) is 0 Å². The van der Waals surface area contributed by atoms with E-state index in [9.17, 15) is 5.11 Å². The fourth-order valence-corrected chi connectivity index (χ4v) is 3.25. The van der Waals surface area contributed by atoms with E-state index >= 15 is 0 Å². The van der Waals surface area contributed by atoms with E-state index in [0.717, 1.165) is 27.9 Å². The monoisotopic (exact) mass is 266 g/mol. The van der Waals surface area contributed by atoms with Crippen molar-refractivity contribution >= 4 is 40.0 Å². The quantitative estimate of drug-likeness (QED) is 0.770. The molecule has 2 heterocycles. The molecule has 88 valence electrons. The predicted octanol–water partition coefficient (Wildman–Crippen LogP) is 2.75. The van der Waals surface area contributed by atoms with Crippen molar-refractivity contribution in [3.63, 3.8) is 0 Å². The summed E-state index contributed by atoms with van der Waals surface area (Å²) in [6.45, 7) is 0. The fourth-order valence-electron chi connectivity index (χ4n) is 2.16. The molecule has 3 nitrogen and oxygen atoms in total. The molecule has 0 spiro atoms. The highest BCUT2D eigenvalue weighted by Gasteiger charge is 2.23. The third kappa shape index (κ3) is 1.76. The molecule has 0 amide bonds. The second-order valence-corrected chi connectivity index (χ2v) is 5.54. The second kappa shape index (κ2) is 4.05. The standard InChI is InChI=1S/C12H11ClN2OS/c13-6-1-2-8-7(3-6)12(14)11-9(15-8)4-17-5-10(11)16/h1-3,10,16H,4-5H2,(H2,14,15). The number of fused-ring (bicyclic) bond motifs is 2. The first-order valence-corrected chi connectivity index (χ1v) is 6.83. The van der Waals surface area contributed by atoms with E-state index in [1.165, 1.54) is 0 Å². The maximum absolute atomic E-state index is 10.00. The molecule has 0 bridgehead atoms. The molecule has 0 fully saturated rings. The van der Waals surface area contributed by atoms with Crippen molar-refractivity contribution in [2.45, 2.75) is 11.9 Å².